The third-order valence-corrected chi connectivity index (χ3v) is 6.03. The van der Waals surface area contributed by atoms with E-state index in [1.807, 2.05) is 30.5 Å². The van der Waals surface area contributed by atoms with E-state index in [2.05, 4.69) is 20.9 Å². The number of hydrogen-bond donors (Lipinski definition) is 8. The second-order valence-electron chi connectivity index (χ2n) is 8.97. The maximum absolute atomic E-state index is 13.1. The van der Waals surface area contributed by atoms with Crippen molar-refractivity contribution in [2.75, 3.05) is 19.6 Å². The predicted molar refractivity (Wildman–Crippen MR) is 140 cm³/mol. The minimum absolute atomic E-state index is 0.270. The summed E-state index contributed by atoms with van der Waals surface area (Å²) in [6, 6.07) is 4.88. The number of nitrogens with two attached hydrogens (primary N) is 3. The Morgan fingerprint density at radius 2 is 1.46 bits per heavy atom. The largest absolute Gasteiger partial charge is 0.480 e. The molecule has 0 bridgehead atoms. The highest BCUT2D eigenvalue weighted by Gasteiger charge is 2.28. The monoisotopic (exact) mass is 517 g/mol. The fourth-order valence-corrected chi connectivity index (χ4v) is 3.99. The Bertz CT molecular complexity index is 1040. The lowest BCUT2D eigenvalue weighted by Gasteiger charge is -2.24. The molecule has 0 aliphatic rings. The standard InChI is InChI=1S/C25H39N7O5/c26-11-5-3-9-20(24(36)30-15-22(33)34)32-25(37)21(10-4-6-12-27)31-23(35)18(28)13-16-14-29-19-8-2-1-7-17(16)19/h1-2,7-8,14,18,20-21,29H,3-6,9-13,15,26-28H2,(H,30,36)(H,31,35)(H,32,37)(H,33,34). The van der Waals surface area contributed by atoms with Crippen LogP contribution in [0.5, 0.6) is 0 Å². The fourth-order valence-electron chi connectivity index (χ4n) is 3.99. The van der Waals surface area contributed by atoms with Crippen LogP contribution in [0, 0.1) is 0 Å². The van der Waals surface area contributed by atoms with Gasteiger partial charge in [-0.15, -0.1) is 0 Å². The molecule has 2 rings (SSSR count). The van der Waals surface area contributed by atoms with E-state index >= 15 is 0 Å². The predicted octanol–water partition coefficient (Wildman–Crippen LogP) is -0.534. The normalized spacial score (nSPS) is 13.5. The molecule has 37 heavy (non-hydrogen) atoms. The van der Waals surface area contributed by atoms with Gasteiger partial charge in [-0.3, -0.25) is 19.2 Å². The first-order valence-electron chi connectivity index (χ1n) is 12.6. The highest BCUT2D eigenvalue weighted by atomic mass is 16.4. The topological polar surface area (TPSA) is 218 Å². The van der Waals surface area contributed by atoms with Crippen LogP contribution in [0.4, 0.5) is 0 Å². The lowest BCUT2D eigenvalue weighted by molar-refractivity contribution is -0.138. The zero-order valence-electron chi connectivity index (χ0n) is 21.0. The number of carbonyl (C=O) groups is 4. The smallest absolute Gasteiger partial charge is 0.322 e. The minimum atomic E-state index is -1.20. The molecule has 0 aliphatic carbocycles. The summed E-state index contributed by atoms with van der Waals surface area (Å²) in [5, 5.41) is 17.5. The Hall–Kier alpha value is -3.48. The van der Waals surface area contributed by atoms with Gasteiger partial charge in [-0.2, -0.15) is 0 Å². The van der Waals surface area contributed by atoms with Crippen molar-refractivity contribution in [1.29, 1.82) is 0 Å². The second-order valence-corrected chi connectivity index (χ2v) is 8.97. The van der Waals surface area contributed by atoms with Crippen molar-refractivity contribution in [3.63, 3.8) is 0 Å². The number of carboxylic acid groups (broad SMARTS) is 1. The summed E-state index contributed by atoms with van der Waals surface area (Å²) in [6.07, 6.45) is 5.09. The molecular weight excluding hydrogens is 478 g/mol. The number of fused-ring (bicyclic) bond motifs is 1. The van der Waals surface area contributed by atoms with Gasteiger partial charge in [-0.25, -0.2) is 0 Å². The highest BCUT2D eigenvalue weighted by molar-refractivity contribution is 5.94. The molecule has 12 nitrogen and oxygen atoms in total. The van der Waals surface area contributed by atoms with E-state index in [0.717, 1.165) is 16.5 Å². The molecule has 3 atom stereocenters. The van der Waals surface area contributed by atoms with Crippen molar-refractivity contribution >= 4 is 34.6 Å². The van der Waals surface area contributed by atoms with Gasteiger partial charge in [0.05, 0.1) is 6.04 Å². The van der Waals surface area contributed by atoms with Crippen LogP contribution >= 0.6 is 0 Å². The number of para-hydroxylation sites is 1. The Balaban J connectivity index is 2.08. The van der Waals surface area contributed by atoms with Gasteiger partial charge < -0.3 is 43.2 Å². The molecule has 0 fully saturated rings. The third-order valence-electron chi connectivity index (χ3n) is 6.03. The van der Waals surface area contributed by atoms with Crippen molar-refractivity contribution in [2.45, 2.75) is 63.1 Å². The van der Waals surface area contributed by atoms with Gasteiger partial charge >= 0.3 is 5.97 Å². The van der Waals surface area contributed by atoms with Crippen molar-refractivity contribution in [3.05, 3.63) is 36.0 Å². The number of nitrogens with one attached hydrogen (secondary N) is 4. The molecule has 0 saturated heterocycles. The SMILES string of the molecule is NCCCCC(NC(=O)C(N)Cc1c[nH]c2ccccc12)C(=O)NC(CCCCN)C(=O)NCC(=O)O. The molecule has 2 aromatic rings. The van der Waals surface area contributed by atoms with Crippen LogP contribution in [0.1, 0.15) is 44.1 Å². The van der Waals surface area contributed by atoms with Crippen LogP contribution in [-0.2, 0) is 25.6 Å². The highest BCUT2D eigenvalue weighted by Crippen LogP contribution is 2.19. The Morgan fingerprint density at radius 3 is 2.08 bits per heavy atom. The summed E-state index contributed by atoms with van der Waals surface area (Å²) in [5.74, 6) is -2.85. The lowest BCUT2D eigenvalue weighted by Crippen LogP contribution is -2.56. The summed E-state index contributed by atoms with van der Waals surface area (Å²) in [7, 11) is 0. The molecule has 0 radical (unpaired) electrons. The zero-order valence-corrected chi connectivity index (χ0v) is 21.0. The molecule has 3 unspecified atom stereocenters. The van der Waals surface area contributed by atoms with Gasteiger partial charge in [0.25, 0.3) is 0 Å². The van der Waals surface area contributed by atoms with Crippen LogP contribution in [0.25, 0.3) is 10.9 Å². The van der Waals surface area contributed by atoms with Gasteiger partial charge in [-0.1, -0.05) is 18.2 Å². The summed E-state index contributed by atoms with van der Waals surface area (Å²) in [6.45, 7) is 0.284. The summed E-state index contributed by atoms with van der Waals surface area (Å²) < 4.78 is 0. The molecule has 1 aromatic carbocycles. The molecule has 12 heteroatoms. The third kappa shape index (κ3) is 9.83. The second kappa shape index (κ2) is 15.6. The van der Waals surface area contributed by atoms with Crippen molar-refractivity contribution in [3.8, 4) is 0 Å². The number of benzene rings is 1. The van der Waals surface area contributed by atoms with Gasteiger partial charge in [0.1, 0.15) is 18.6 Å². The number of carbonyl (C=O) groups excluding carboxylic acids is 3. The number of aliphatic carboxylic acids is 1. The molecular formula is C25H39N7O5. The first kappa shape index (κ1) is 29.7. The average molecular weight is 518 g/mol. The number of amides is 3. The van der Waals surface area contributed by atoms with Crippen molar-refractivity contribution in [2.24, 2.45) is 17.2 Å². The molecule has 11 N–H and O–H groups in total. The number of carboxylic acids is 1. The fraction of sp³-hybridized carbons (Fsp3) is 0.520. The first-order valence-corrected chi connectivity index (χ1v) is 12.6. The summed E-state index contributed by atoms with van der Waals surface area (Å²) in [5.41, 5.74) is 19.1. The maximum atomic E-state index is 13.1. The molecule has 0 aliphatic heterocycles. The number of H-pyrrole nitrogens is 1. The molecule has 0 spiro atoms. The van der Waals surface area contributed by atoms with E-state index in [9.17, 15) is 19.2 Å². The average Bonchev–Trinajstić information content (AvgIpc) is 3.28. The van der Waals surface area contributed by atoms with E-state index in [-0.39, 0.29) is 12.8 Å². The van der Waals surface area contributed by atoms with Crippen molar-refractivity contribution in [1.82, 2.24) is 20.9 Å². The number of aromatic nitrogens is 1. The number of hydrogen-bond acceptors (Lipinski definition) is 7. The number of unbranched alkanes of at least 4 members (excludes halogenated alkanes) is 2. The summed E-state index contributed by atoms with van der Waals surface area (Å²) in [4.78, 5) is 52.6. The molecule has 1 heterocycles. The number of rotatable bonds is 17. The first-order chi connectivity index (χ1) is 17.8. The van der Waals surface area contributed by atoms with E-state index in [1.54, 1.807) is 0 Å². The summed E-state index contributed by atoms with van der Waals surface area (Å²) >= 11 is 0. The molecule has 0 saturated carbocycles. The maximum Gasteiger partial charge on any atom is 0.322 e. The van der Waals surface area contributed by atoms with E-state index < -0.39 is 48.4 Å². The Kier molecular flexibility index (Phi) is 12.5. The van der Waals surface area contributed by atoms with E-state index in [1.165, 1.54) is 0 Å². The van der Waals surface area contributed by atoms with Crippen LogP contribution < -0.4 is 33.2 Å². The van der Waals surface area contributed by atoms with Gasteiger partial charge in [0.2, 0.25) is 17.7 Å². The van der Waals surface area contributed by atoms with Gasteiger partial charge in [0, 0.05) is 17.1 Å². The van der Waals surface area contributed by atoms with Crippen LogP contribution in [0.3, 0.4) is 0 Å². The number of aromatic amines is 1. The van der Waals surface area contributed by atoms with Crippen LogP contribution in [-0.4, -0.2) is 71.5 Å². The van der Waals surface area contributed by atoms with E-state index in [4.69, 9.17) is 22.3 Å². The van der Waals surface area contributed by atoms with E-state index in [0.29, 0.717) is 45.2 Å². The van der Waals surface area contributed by atoms with Crippen molar-refractivity contribution < 1.29 is 24.3 Å². The van der Waals surface area contributed by atoms with Gasteiger partial charge in [0.15, 0.2) is 0 Å². The molecule has 3 amide bonds. The quantitative estimate of drug-likeness (QED) is 0.127. The van der Waals surface area contributed by atoms with Gasteiger partial charge in [-0.05, 0) is 69.7 Å². The molecule has 204 valence electrons. The Morgan fingerprint density at radius 1 is 0.865 bits per heavy atom. The lowest BCUT2D eigenvalue weighted by atomic mass is 10.0. The molecule has 1 aromatic heterocycles. The zero-order chi connectivity index (χ0) is 27.2. The Labute approximate surface area is 216 Å². The minimum Gasteiger partial charge on any atom is -0.480 e. The van der Waals surface area contributed by atoms with Crippen LogP contribution in [0.15, 0.2) is 30.5 Å². The van der Waals surface area contributed by atoms with Crippen LogP contribution in [0.2, 0.25) is 0 Å².